The Labute approximate surface area is 183 Å². The Hall–Kier alpha value is -2.35. The number of nitrogens with one attached hydrogen (secondary N) is 1. The maximum Gasteiger partial charge on any atom is 0.322 e. The fourth-order valence-corrected chi connectivity index (χ4v) is 5.13. The summed E-state index contributed by atoms with van der Waals surface area (Å²) in [5, 5.41) is 22.0. The molecule has 1 atom stereocenters. The Morgan fingerprint density at radius 1 is 1.23 bits per heavy atom. The highest BCUT2D eigenvalue weighted by Crippen LogP contribution is 2.34. The summed E-state index contributed by atoms with van der Waals surface area (Å²) in [7, 11) is -4.17. The van der Waals surface area contributed by atoms with Crippen molar-refractivity contribution in [2.45, 2.75) is 17.4 Å². The van der Waals surface area contributed by atoms with E-state index in [1.54, 1.807) is 0 Å². The van der Waals surface area contributed by atoms with Crippen LogP contribution in [0.4, 0.5) is 0 Å². The number of carboxylic acid groups (broad SMARTS) is 1. The van der Waals surface area contributed by atoms with Crippen molar-refractivity contribution >= 4 is 39.2 Å². The lowest BCUT2D eigenvalue weighted by atomic mass is 10.2. The summed E-state index contributed by atoms with van der Waals surface area (Å²) in [5.41, 5.74) is 0.118. The molecule has 1 unspecified atom stereocenters. The molecule has 0 amide bonds. The van der Waals surface area contributed by atoms with Crippen LogP contribution in [0.3, 0.4) is 0 Å². The number of rotatable bonds is 5. The number of aliphatic carboxylic acids is 1. The van der Waals surface area contributed by atoms with Gasteiger partial charge in [-0.15, -0.1) is 0 Å². The van der Waals surface area contributed by atoms with Gasteiger partial charge < -0.3 is 15.2 Å². The maximum absolute atomic E-state index is 13.4. The Balaban J connectivity index is 2.04. The molecule has 2 N–H and O–H groups in total. The minimum Gasteiger partial charge on any atom is -0.480 e. The second-order valence-electron chi connectivity index (χ2n) is 6.54. The van der Waals surface area contributed by atoms with Gasteiger partial charge in [0.25, 0.3) is 0 Å². The number of halogens is 2. The Bertz CT molecular complexity index is 1100. The van der Waals surface area contributed by atoms with Gasteiger partial charge in [-0.2, -0.15) is 9.57 Å². The molecule has 158 valence electrons. The summed E-state index contributed by atoms with van der Waals surface area (Å²) in [6, 6.07) is 9.29. The summed E-state index contributed by atoms with van der Waals surface area (Å²) in [5.74, 6) is -0.959. The fourth-order valence-electron chi connectivity index (χ4n) is 2.99. The van der Waals surface area contributed by atoms with E-state index in [0.717, 1.165) is 4.31 Å². The van der Waals surface area contributed by atoms with E-state index in [-0.39, 0.29) is 35.0 Å². The Morgan fingerprint density at radius 3 is 2.57 bits per heavy atom. The third-order valence-corrected chi connectivity index (χ3v) is 6.74. The normalized spacial score (nSPS) is 17.7. The quantitative estimate of drug-likeness (QED) is 0.689. The van der Waals surface area contributed by atoms with E-state index < -0.39 is 22.0 Å². The van der Waals surface area contributed by atoms with Gasteiger partial charge >= 0.3 is 5.97 Å². The first-order valence-corrected chi connectivity index (χ1v) is 11.0. The van der Waals surface area contributed by atoms with Crippen LogP contribution in [0.1, 0.15) is 12.0 Å². The fraction of sp³-hybridized carbons (Fsp3) is 0.263. The van der Waals surface area contributed by atoms with E-state index >= 15 is 0 Å². The number of hydrogen-bond acceptors (Lipinski definition) is 6. The number of ether oxygens (including phenoxy) is 1. The molecule has 0 radical (unpaired) electrons. The molecule has 8 nitrogen and oxygen atoms in total. The molecule has 0 aromatic heterocycles. The van der Waals surface area contributed by atoms with Crippen LogP contribution in [0.15, 0.2) is 41.3 Å². The molecule has 2 aromatic carbocycles. The number of nitrogens with zero attached hydrogens (tertiary/aromatic N) is 2. The van der Waals surface area contributed by atoms with Crippen molar-refractivity contribution in [2.75, 3.05) is 19.6 Å². The summed E-state index contributed by atoms with van der Waals surface area (Å²) in [4.78, 5) is 11.2. The Morgan fingerprint density at radius 2 is 1.93 bits per heavy atom. The summed E-state index contributed by atoms with van der Waals surface area (Å²) in [6.07, 6.45) is 0.432. The molecule has 1 aliphatic heterocycles. The van der Waals surface area contributed by atoms with Crippen molar-refractivity contribution in [2.24, 2.45) is 0 Å². The van der Waals surface area contributed by atoms with Crippen LogP contribution in [0.5, 0.6) is 11.5 Å². The molecule has 11 heteroatoms. The minimum atomic E-state index is -4.17. The van der Waals surface area contributed by atoms with Gasteiger partial charge in [-0.25, -0.2) is 8.42 Å². The smallest absolute Gasteiger partial charge is 0.322 e. The highest BCUT2D eigenvalue weighted by atomic mass is 35.5. The molecular weight excluding hydrogens is 453 g/mol. The molecule has 1 saturated heterocycles. The molecular formula is C19H17Cl2N3O5S. The van der Waals surface area contributed by atoms with Crippen molar-refractivity contribution in [3.63, 3.8) is 0 Å². The van der Waals surface area contributed by atoms with Crippen molar-refractivity contribution in [1.82, 2.24) is 9.62 Å². The zero-order valence-electron chi connectivity index (χ0n) is 15.5. The maximum atomic E-state index is 13.4. The van der Waals surface area contributed by atoms with Crippen molar-refractivity contribution in [3.05, 3.63) is 52.0 Å². The molecule has 0 bridgehead atoms. The predicted molar refractivity (Wildman–Crippen MR) is 110 cm³/mol. The van der Waals surface area contributed by atoms with Crippen LogP contribution in [-0.2, 0) is 14.8 Å². The number of carbonyl (C=O) groups is 1. The molecule has 0 aliphatic carbocycles. The van der Waals surface area contributed by atoms with Gasteiger partial charge in [0.05, 0.1) is 11.6 Å². The van der Waals surface area contributed by atoms with E-state index in [4.69, 9.17) is 27.9 Å². The lowest BCUT2D eigenvalue weighted by Crippen LogP contribution is -2.45. The molecule has 1 fully saturated rings. The van der Waals surface area contributed by atoms with E-state index in [1.165, 1.54) is 36.4 Å². The average Bonchev–Trinajstić information content (AvgIpc) is 2.94. The summed E-state index contributed by atoms with van der Waals surface area (Å²) >= 11 is 12.0. The van der Waals surface area contributed by atoms with E-state index in [1.807, 2.05) is 6.07 Å². The monoisotopic (exact) mass is 469 g/mol. The first kappa shape index (κ1) is 22.3. The van der Waals surface area contributed by atoms with Gasteiger partial charge in [-0.3, -0.25) is 4.79 Å². The van der Waals surface area contributed by atoms with Crippen LogP contribution in [0, 0.1) is 11.3 Å². The molecule has 2 aromatic rings. The summed E-state index contributed by atoms with van der Waals surface area (Å²) in [6.45, 7) is 0.237. The third-order valence-electron chi connectivity index (χ3n) is 4.41. The predicted octanol–water partition coefficient (Wildman–Crippen LogP) is 3.09. The number of hydrogen-bond donors (Lipinski definition) is 2. The van der Waals surface area contributed by atoms with E-state index in [9.17, 15) is 23.6 Å². The zero-order chi connectivity index (χ0) is 21.9. The second kappa shape index (κ2) is 9.20. The third kappa shape index (κ3) is 5.03. The van der Waals surface area contributed by atoms with Gasteiger partial charge in [0, 0.05) is 23.1 Å². The molecule has 3 rings (SSSR count). The first-order valence-electron chi connectivity index (χ1n) is 8.85. The standard InChI is InChI=1S/C19H17Cl2N3O5S/c20-13-7-14(21)9-15(8-13)29-17-3-2-12(10-22)6-18(17)30(27,28)24-5-1-4-23-16(11-24)19(25)26/h2-3,6-9,16,23H,1,4-5,11H2,(H,25,26). The molecule has 30 heavy (non-hydrogen) atoms. The van der Waals surface area contributed by atoms with Gasteiger partial charge in [-0.1, -0.05) is 23.2 Å². The highest BCUT2D eigenvalue weighted by molar-refractivity contribution is 7.89. The van der Waals surface area contributed by atoms with Gasteiger partial charge in [-0.05, 0) is 49.4 Å². The van der Waals surface area contributed by atoms with E-state index in [0.29, 0.717) is 23.0 Å². The SMILES string of the molecule is N#Cc1ccc(Oc2cc(Cl)cc(Cl)c2)c(S(=O)(=O)N2CCCNC(C(=O)O)C2)c1. The summed E-state index contributed by atoms with van der Waals surface area (Å²) < 4.78 is 33.6. The van der Waals surface area contributed by atoms with Crippen molar-refractivity contribution < 1.29 is 23.1 Å². The largest absolute Gasteiger partial charge is 0.480 e. The van der Waals surface area contributed by atoms with Gasteiger partial charge in [0.15, 0.2) is 0 Å². The van der Waals surface area contributed by atoms with Gasteiger partial charge in [0.1, 0.15) is 22.4 Å². The van der Waals surface area contributed by atoms with E-state index in [2.05, 4.69) is 5.32 Å². The number of benzene rings is 2. The first-order chi connectivity index (χ1) is 14.2. The molecule has 0 saturated carbocycles. The minimum absolute atomic E-state index is 0.0311. The van der Waals surface area contributed by atoms with Gasteiger partial charge in [0.2, 0.25) is 10.0 Å². The second-order valence-corrected chi connectivity index (χ2v) is 9.32. The molecule has 1 aliphatic rings. The van der Waals surface area contributed by atoms with Crippen molar-refractivity contribution in [3.8, 4) is 17.6 Å². The topological polar surface area (TPSA) is 120 Å². The molecule has 1 heterocycles. The van der Waals surface area contributed by atoms with Crippen molar-refractivity contribution in [1.29, 1.82) is 5.26 Å². The van der Waals surface area contributed by atoms with Crippen LogP contribution >= 0.6 is 23.2 Å². The van der Waals surface area contributed by atoms with Crippen LogP contribution in [-0.4, -0.2) is 49.5 Å². The Kier molecular flexibility index (Phi) is 6.85. The highest BCUT2D eigenvalue weighted by Gasteiger charge is 2.33. The zero-order valence-corrected chi connectivity index (χ0v) is 17.8. The number of carboxylic acids is 1. The van der Waals surface area contributed by atoms with Crippen LogP contribution in [0.25, 0.3) is 0 Å². The van der Waals surface area contributed by atoms with Crippen LogP contribution in [0.2, 0.25) is 10.0 Å². The lowest BCUT2D eigenvalue weighted by molar-refractivity contribution is -0.139. The van der Waals surface area contributed by atoms with Crippen LogP contribution < -0.4 is 10.1 Å². The average molecular weight is 470 g/mol. The number of sulfonamides is 1. The number of nitriles is 1. The lowest BCUT2D eigenvalue weighted by Gasteiger charge is -2.23. The molecule has 0 spiro atoms.